The van der Waals surface area contributed by atoms with Crippen molar-refractivity contribution < 1.29 is 4.79 Å². The smallest absolute Gasteiger partial charge is 0.227 e. The van der Waals surface area contributed by atoms with E-state index >= 15 is 0 Å². The lowest BCUT2D eigenvalue weighted by molar-refractivity contribution is -0.131. The fourth-order valence-electron chi connectivity index (χ4n) is 2.67. The van der Waals surface area contributed by atoms with Crippen molar-refractivity contribution in [2.45, 2.75) is 47.0 Å². The second-order valence-electron chi connectivity index (χ2n) is 6.70. The van der Waals surface area contributed by atoms with Crippen LogP contribution in [0.5, 0.6) is 0 Å². The molecule has 1 aromatic carbocycles. The van der Waals surface area contributed by atoms with E-state index in [4.69, 9.17) is 5.73 Å². The van der Waals surface area contributed by atoms with E-state index in [2.05, 4.69) is 43.4 Å². The number of halogens is 1. The number of hydrogen-bond donors (Lipinski definition) is 2. The largest absolute Gasteiger partial charge is 0.355 e. The van der Waals surface area contributed by atoms with E-state index in [1.807, 2.05) is 19.9 Å². The maximum Gasteiger partial charge on any atom is 0.227 e. The highest BCUT2D eigenvalue weighted by Crippen LogP contribution is 2.26. The van der Waals surface area contributed by atoms with Gasteiger partial charge < -0.3 is 11.1 Å². The number of rotatable bonds is 8. The minimum atomic E-state index is -0.414. The van der Waals surface area contributed by atoms with Crippen LogP contribution in [0.1, 0.15) is 46.1 Å². The number of carbonyl (C=O) groups is 1. The van der Waals surface area contributed by atoms with Crippen LogP contribution in [0.3, 0.4) is 0 Å². The van der Waals surface area contributed by atoms with Crippen molar-refractivity contribution in [1.82, 2.24) is 5.32 Å². The molecule has 0 aliphatic heterocycles. The van der Waals surface area contributed by atoms with Crippen molar-refractivity contribution in [3.05, 3.63) is 35.9 Å². The van der Waals surface area contributed by atoms with Gasteiger partial charge in [0.1, 0.15) is 0 Å². The maximum absolute atomic E-state index is 12.5. The Labute approximate surface area is 141 Å². The number of benzene rings is 1. The van der Waals surface area contributed by atoms with Crippen LogP contribution < -0.4 is 11.1 Å². The first-order valence-electron chi connectivity index (χ1n) is 7.91. The van der Waals surface area contributed by atoms with Gasteiger partial charge in [0.25, 0.3) is 0 Å². The molecule has 0 unspecified atom stereocenters. The first kappa shape index (κ1) is 20.9. The van der Waals surface area contributed by atoms with E-state index in [-0.39, 0.29) is 23.7 Å². The van der Waals surface area contributed by atoms with Crippen LogP contribution >= 0.6 is 12.4 Å². The minimum absolute atomic E-state index is 0. The minimum Gasteiger partial charge on any atom is -0.355 e. The van der Waals surface area contributed by atoms with Crippen LogP contribution in [0.25, 0.3) is 0 Å². The molecule has 22 heavy (non-hydrogen) atoms. The monoisotopic (exact) mass is 326 g/mol. The van der Waals surface area contributed by atoms with E-state index < -0.39 is 5.41 Å². The molecule has 0 aliphatic carbocycles. The summed E-state index contributed by atoms with van der Waals surface area (Å²) in [7, 11) is 0. The van der Waals surface area contributed by atoms with Crippen molar-refractivity contribution in [3.8, 4) is 0 Å². The van der Waals surface area contributed by atoms with E-state index in [0.29, 0.717) is 13.1 Å². The lowest BCUT2D eigenvalue weighted by atomic mass is 9.80. The Bertz CT molecular complexity index is 433. The standard InChI is InChI=1S/C18H30N2O.ClH/c1-5-18(6-2,13-19)16(21)20-14-17(3,4)12-15-10-8-7-9-11-15;/h7-11H,5-6,12-14,19H2,1-4H3,(H,20,21);1H. The molecule has 0 radical (unpaired) electrons. The molecular weight excluding hydrogens is 296 g/mol. The van der Waals surface area contributed by atoms with Gasteiger partial charge in [0, 0.05) is 13.1 Å². The van der Waals surface area contributed by atoms with Gasteiger partial charge in [-0.05, 0) is 30.2 Å². The lowest BCUT2D eigenvalue weighted by Crippen LogP contribution is -2.48. The quantitative estimate of drug-likeness (QED) is 0.767. The molecule has 0 aliphatic rings. The third-order valence-electron chi connectivity index (χ3n) is 4.48. The van der Waals surface area contributed by atoms with Crippen LogP contribution in [0.4, 0.5) is 0 Å². The molecule has 1 amide bonds. The number of carbonyl (C=O) groups excluding carboxylic acids is 1. The van der Waals surface area contributed by atoms with Gasteiger partial charge in [-0.1, -0.05) is 58.0 Å². The third-order valence-corrected chi connectivity index (χ3v) is 4.48. The summed E-state index contributed by atoms with van der Waals surface area (Å²) in [5, 5.41) is 3.12. The topological polar surface area (TPSA) is 55.1 Å². The molecule has 4 heteroatoms. The van der Waals surface area contributed by atoms with Crippen LogP contribution in [0, 0.1) is 10.8 Å². The summed E-state index contributed by atoms with van der Waals surface area (Å²) in [6.45, 7) is 9.51. The summed E-state index contributed by atoms with van der Waals surface area (Å²) in [5.74, 6) is 0.0936. The Hall–Kier alpha value is -1.06. The lowest BCUT2D eigenvalue weighted by Gasteiger charge is -2.32. The molecule has 0 bridgehead atoms. The molecule has 3 N–H and O–H groups in total. The van der Waals surface area contributed by atoms with Crippen LogP contribution in [-0.2, 0) is 11.2 Å². The molecule has 0 saturated carbocycles. The molecule has 0 aromatic heterocycles. The number of amides is 1. The second-order valence-corrected chi connectivity index (χ2v) is 6.70. The summed E-state index contributed by atoms with van der Waals surface area (Å²) in [6, 6.07) is 10.4. The van der Waals surface area contributed by atoms with Crippen molar-refractivity contribution in [1.29, 1.82) is 0 Å². The fraction of sp³-hybridized carbons (Fsp3) is 0.611. The third kappa shape index (κ3) is 5.62. The SMILES string of the molecule is CCC(CC)(CN)C(=O)NCC(C)(C)Cc1ccccc1.Cl. The predicted molar refractivity (Wildman–Crippen MR) is 96.3 cm³/mol. The molecule has 0 heterocycles. The van der Waals surface area contributed by atoms with Crippen LogP contribution in [0.15, 0.2) is 30.3 Å². The number of nitrogens with two attached hydrogens (primary N) is 1. The average Bonchev–Trinajstić information content (AvgIpc) is 2.48. The van der Waals surface area contributed by atoms with Crippen LogP contribution in [-0.4, -0.2) is 19.0 Å². The zero-order valence-corrected chi connectivity index (χ0v) is 15.1. The summed E-state index contributed by atoms with van der Waals surface area (Å²) in [4.78, 5) is 12.5. The molecule has 0 saturated heterocycles. The van der Waals surface area contributed by atoms with E-state index in [0.717, 1.165) is 19.3 Å². The molecule has 0 atom stereocenters. The van der Waals surface area contributed by atoms with E-state index in [1.54, 1.807) is 0 Å². The van der Waals surface area contributed by atoms with Gasteiger partial charge in [-0.3, -0.25) is 4.79 Å². The van der Waals surface area contributed by atoms with Crippen molar-refractivity contribution >= 4 is 18.3 Å². The van der Waals surface area contributed by atoms with Crippen molar-refractivity contribution in [2.75, 3.05) is 13.1 Å². The van der Waals surface area contributed by atoms with E-state index in [1.165, 1.54) is 5.56 Å². The summed E-state index contributed by atoms with van der Waals surface area (Å²) in [6.07, 6.45) is 2.51. The highest BCUT2D eigenvalue weighted by atomic mass is 35.5. The van der Waals surface area contributed by atoms with Gasteiger partial charge >= 0.3 is 0 Å². The Morgan fingerprint density at radius 2 is 1.68 bits per heavy atom. The number of nitrogens with one attached hydrogen (secondary N) is 1. The molecule has 126 valence electrons. The Kier molecular flexibility index (Phi) is 8.72. The Morgan fingerprint density at radius 1 is 1.14 bits per heavy atom. The molecule has 0 spiro atoms. The molecule has 1 aromatic rings. The van der Waals surface area contributed by atoms with Gasteiger partial charge in [0.05, 0.1) is 5.41 Å². The molecular formula is C18H31ClN2O. The molecule has 0 fully saturated rings. The average molecular weight is 327 g/mol. The van der Waals surface area contributed by atoms with Crippen molar-refractivity contribution in [3.63, 3.8) is 0 Å². The predicted octanol–water partition coefficient (Wildman–Crippen LogP) is 3.56. The highest BCUT2D eigenvalue weighted by molar-refractivity contribution is 5.85. The Morgan fingerprint density at radius 3 is 2.14 bits per heavy atom. The first-order valence-corrected chi connectivity index (χ1v) is 7.91. The first-order chi connectivity index (χ1) is 9.89. The highest BCUT2D eigenvalue weighted by Gasteiger charge is 2.34. The fourth-order valence-corrected chi connectivity index (χ4v) is 2.67. The van der Waals surface area contributed by atoms with E-state index in [9.17, 15) is 4.79 Å². The summed E-state index contributed by atoms with van der Waals surface area (Å²) < 4.78 is 0. The summed E-state index contributed by atoms with van der Waals surface area (Å²) >= 11 is 0. The van der Waals surface area contributed by atoms with Gasteiger partial charge in [0.15, 0.2) is 0 Å². The second kappa shape index (κ2) is 9.16. The summed E-state index contributed by atoms with van der Waals surface area (Å²) in [5.41, 5.74) is 6.74. The van der Waals surface area contributed by atoms with Gasteiger partial charge in [0.2, 0.25) is 5.91 Å². The molecule has 3 nitrogen and oxygen atoms in total. The zero-order valence-electron chi connectivity index (χ0n) is 14.3. The molecule has 1 rings (SSSR count). The normalized spacial score (nSPS) is 11.7. The van der Waals surface area contributed by atoms with Gasteiger partial charge in [-0.15, -0.1) is 12.4 Å². The maximum atomic E-state index is 12.5. The van der Waals surface area contributed by atoms with Crippen molar-refractivity contribution in [2.24, 2.45) is 16.6 Å². The van der Waals surface area contributed by atoms with Gasteiger partial charge in [-0.25, -0.2) is 0 Å². The zero-order chi connectivity index (χ0) is 15.9. The van der Waals surface area contributed by atoms with Crippen LogP contribution in [0.2, 0.25) is 0 Å². The van der Waals surface area contributed by atoms with Gasteiger partial charge in [-0.2, -0.15) is 0 Å². The Balaban J connectivity index is 0.00000441. The number of hydrogen-bond acceptors (Lipinski definition) is 2.